The van der Waals surface area contributed by atoms with Crippen molar-refractivity contribution in [2.24, 2.45) is 4.99 Å². The molecule has 9 heteroatoms. The van der Waals surface area contributed by atoms with Crippen molar-refractivity contribution in [3.8, 4) is 17.2 Å². The summed E-state index contributed by atoms with van der Waals surface area (Å²) in [7, 11) is 0. The number of phenols is 1. The molecule has 2 N–H and O–H groups in total. The van der Waals surface area contributed by atoms with Gasteiger partial charge >= 0.3 is 6.18 Å². The fraction of sp³-hybridized carbons (Fsp3) is 0.208. The molecule has 0 saturated carbocycles. The lowest BCUT2D eigenvalue weighted by molar-refractivity contribution is -0.137. The molecule has 5 nitrogen and oxygen atoms in total. The normalized spacial score (nSPS) is 19.9. The van der Waals surface area contributed by atoms with Crippen LogP contribution in [0.25, 0.3) is 0 Å². The first-order chi connectivity index (χ1) is 15.8. The molecule has 0 spiro atoms. The largest absolute Gasteiger partial charge is 0.508 e. The molecule has 2 heterocycles. The van der Waals surface area contributed by atoms with Crippen LogP contribution in [0.2, 0.25) is 5.02 Å². The van der Waals surface area contributed by atoms with Gasteiger partial charge < -0.3 is 14.6 Å². The zero-order valence-electron chi connectivity index (χ0n) is 17.1. The Kier molecular flexibility index (Phi) is 5.42. The first-order valence-electron chi connectivity index (χ1n) is 10.2. The van der Waals surface area contributed by atoms with Crippen molar-refractivity contribution >= 4 is 17.3 Å². The third kappa shape index (κ3) is 4.36. The summed E-state index contributed by atoms with van der Waals surface area (Å²) in [6, 6.07) is 14.7. The fourth-order valence-corrected chi connectivity index (χ4v) is 4.17. The van der Waals surface area contributed by atoms with E-state index in [4.69, 9.17) is 26.1 Å². The number of halogens is 4. The molecule has 170 valence electrons. The number of hydrogen-bond acceptors (Lipinski definition) is 5. The lowest BCUT2D eigenvalue weighted by Gasteiger charge is -2.31. The van der Waals surface area contributed by atoms with Crippen molar-refractivity contribution < 1.29 is 27.8 Å². The Labute approximate surface area is 192 Å². The summed E-state index contributed by atoms with van der Waals surface area (Å²) < 4.78 is 49.9. The molecule has 0 saturated heterocycles. The molecular formula is C24H18ClF3N2O3. The number of phenolic OH excluding ortho intramolecular Hbond substituents is 1. The number of alkyl halides is 3. The molecule has 5 rings (SSSR count). The number of rotatable bonds is 3. The third-order valence-corrected chi connectivity index (χ3v) is 5.90. The highest BCUT2D eigenvalue weighted by Crippen LogP contribution is 2.38. The van der Waals surface area contributed by atoms with Crippen LogP contribution in [0.1, 0.15) is 40.9 Å². The van der Waals surface area contributed by atoms with E-state index in [2.05, 4.69) is 5.32 Å². The standard InChI is InChI=1S/C24H18ClF3N2O3/c25-16-6-7-20(31)17(10-16)19-11-18(14-3-8-21-22(9-14)33-12-32-21)29-23(30-19)13-1-4-15(5-2-13)24(26,27)28/h1-10,19,23,30-31H,11-12H2/t19-,23-/m1/s1. The summed E-state index contributed by atoms with van der Waals surface area (Å²) in [6.07, 6.45) is -4.64. The number of fused-ring (bicyclic) bond motifs is 1. The quantitative estimate of drug-likeness (QED) is 0.487. The molecule has 3 aromatic rings. The highest BCUT2D eigenvalue weighted by atomic mass is 35.5. The molecule has 2 aliphatic rings. The maximum Gasteiger partial charge on any atom is 0.416 e. The summed E-state index contributed by atoms with van der Waals surface area (Å²) in [6.45, 7) is 0.139. The number of aliphatic imine (C=N–C) groups is 1. The molecule has 0 unspecified atom stereocenters. The molecule has 0 fully saturated rings. The van der Waals surface area contributed by atoms with Crippen molar-refractivity contribution in [2.75, 3.05) is 6.79 Å². The van der Waals surface area contributed by atoms with Crippen LogP contribution in [-0.2, 0) is 6.18 Å². The molecular weight excluding hydrogens is 457 g/mol. The topological polar surface area (TPSA) is 63.1 Å². The molecule has 0 aliphatic carbocycles. The Morgan fingerprint density at radius 2 is 1.73 bits per heavy atom. The molecule has 0 amide bonds. The molecule has 2 atom stereocenters. The smallest absolute Gasteiger partial charge is 0.416 e. The molecule has 0 radical (unpaired) electrons. The summed E-state index contributed by atoms with van der Waals surface area (Å²) in [4.78, 5) is 4.78. The van der Waals surface area contributed by atoms with E-state index in [0.717, 1.165) is 17.7 Å². The molecule has 2 aliphatic heterocycles. The van der Waals surface area contributed by atoms with Crippen LogP contribution in [0.5, 0.6) is 17.2 Å². The average molecular weight is 475 g/mol. The van der Waals surface area contributed by atoms with Gasteiger partial charge in [-0.1, -0.05) is 23.7 Å². The van der Waals surface area contributed by atoms with Gasteiger partial charge in [-0.3, -0.25) is 10.3 Å². The van der Waals surface area contributed by atoms with E-state index >= 15 is 0 Å². The SMILES string of the molecule is Oc1ccc(Cl)cc1[C@H]1CC(c2ccc3c(c2)OCO3)=N[C@@H](c2ccc(C(F)(F)F)cc2)N1. The van der Waals surface area contributed by atoms with Gasteiger partial charge in [-0.2, -0.15) is 13.2 Å². The second kappa shape index (κ2) is 8.28. The minimum Gasteiger partial charge on any atom is -0.508 e. The van der Waals surface area contributed by atoms with Gasteiger partial charge in [0.2, 0.25) is 6.79 Å². The zero-order valence-corrected chi connectivity index (χ0v) is 17.8. The van der Waals surface area contributed by atoms with E-state index in [-0.39, 0.29) is 18.6 Å². The minimum atomic E-state index is -4.42. The van der Waals surface area contributed by atoms with Crippen molar-refractivity contribution in [3.05, 3.63) is 87.9 Å². The van der Waals surface area contributed by atoms with E-state index in [1.165, 1.54) is 18.2 Å². The third-order valence-electron chi connectivity index (χ3n) is 5.67. The monoisotopic (exact) mass is 474 g/mol. The Balaban J connectivity index is 1.55. The Bertz CT molecular complexity index is 1230. The minimum absolute atomic E-state index is 0.0648. The number of hydrogen-bond donors (Lipinski definition) is 2. The maximum atomic E-state index is 13.0. The van der Waals surface area contributed by atoms with E-state index < -0.39 is 17.9 Å². The van der Waals surface area contributed by atoms with E-state index in [0.29, 0.717) is 39.8 Å². The second-order valence-electron chi connectivity index (χ2n) is 7.79. The predicted molar refractivity (Wildman–Crippen MR) is 117 cm³/mol. The summed E-state index contributed by atoms with van der Waals surface area (Å²) >= 11 is 6.16. The van der Waals surface area contributed by atoms with Crippen LogP contribution in [0.3, 0.4) is 0 Å². The Morgan fingerprint density at radius 3 is 2.48 bits per heavy atom. The first kappa shape index (κ1) is 21.6. The molecule has 0 aromatic heterocycles. The summed E-state index contributed by atoms with van der Waals surface area (Å²) in [5, 5.41) is 14.2. The van der Waals surface area contributed by atoms with Gasteiger partial charge in [0.25, 0.3) is 0 Å². The molecule has 33 heavy (non-hydrogen) atoms. The van der Waals surface area contributed by atoms with Crippen LogP contribution in [-0.4, -0.2) is 17.6 Å². The van der Waals surface area contributed by atoms with Crippen molar-refractivity contribution in [2.45, 2.75) is 24.8 Å². The van der Waals surface area contributed by atoms with Gasteiger partial charge in [0.1, 0.15) is 11.9 Å². The van der Waals surface area contributed by atoms with Gasteiger partial charge in [0, 0.05) is 28.8 Å². The number of nitrogens with zero attached hydrogens (tertiary/aromatic N) is 1. The fourth-order valence-electron chi connectivity index (χ4n) is 3.99. The number of benzene rings is 3. The highest BCUT2D eigenvalue weighted by Gasteiger charge is 2.32. The van der Waals surface area contributed by atoms with Crippen LogP contribution in [0.4, 0.5) is 13.2 Å². The van der Waals surface area contributed by atoms with Crippen molar-refractivity contribution in [3.63, 3.8) is 0 Å². The highest BCUT2D eigenvalue weighted by molar-refractivity contribution is 6.30. The molecule has 3 aromatic carbocycles. The lowest BCUT2D eigenvalue weighted by Crippen LogP contribution is -2.33. The van der Waals surface area contributed by atoms with Crippen LogP contribution < -0.4 is 14.8 Å². The van der Waals surface area contributed by atoms with Gasteiger partial charge in [0.05, 0.1) is 5.56 Å². The van der Waals surface area contributed by atoms with E-state index in [9.17, 15) is 18.3 Å². The van der Waals surface area contributed by atoms with Crippen LogP contribution in [0.15, 0.2) is 65.7 Å². The van der Waals surface area contributed by atoms with Gasteiger partial charge in [-0.05, 0) is 59.7 Å². The Hall–Kier alpha value is -3.23. The lowest BCUT2D eigenvalue weighted by atomic mass is 9.93. The number of nitrogens with one attached hydrogen (secondary N) is 1. The molecule has 0 bridgehead atoms. The van der Waals surface area contributed by atoms with Crippen LogP contribution >= 0.6 is 11.6 Å². The van der Waals surface area contributed by atoms with E-state index in [1.54, 1.807) is 18.2 Å². The zero-order chi connectivity index (χ0) is 23.2. The maximum absolute atomic E-state index is 13.0. The van der Waals surface area contributed by atoms with Crippen molar-refractivity contribution in [1.29, 1.82) is 0 Å². The predicted octanol–water partition coefficient (Wildman–Crippen LogP) is 6.02. The average Bonchev–Trinajstić information content (AvgIpc) is 3.28. The van der Waals surface area contributed by atoms with Gasteiger partial charge in [-0.15, -0.1) is 0 Å². The van der Waals surface area contributed by atoms with Gasteiger partial charge in [0.15, 0.2) is 11.5 Å². The summed E-state index contributed by atoms with van der Waals surface area (Å²) in [5.41, 5.74) is 1.91. The first-order valence-corrected chi connectivity index (χ1v) is 10.5. The van der Waals surface area contributed by atoms with Crippen LogP contribution in [0, 0.1) is 0 Å². The number of ether oxygens (including phenoxy) is 2. The Morgan fingerprint density at radius 1 is 0.970 bits per heavy atom. The van der Waals surface area contributed by atoms with E-state index in [1.807, 2.05) is 12.1 Å². The second-order valence-corrected chi connectivity index (χ2v) is 8.23. The van der Waals surface area contributed by atoms with Crippen molar-refractivity contribution in [1.82, 2.24) is 5.32 Å². The number of aromatic hydroxyl groups is 1. The summed E-state index contributed by atoms with van der Waals surface area (Å²) in [5.74, 6) is 1.30. The van der Waals surface area contributed by atoms with Gasteiger partial charge in [-0.25, -0.2) is 0 Å².